The summed E-state index contributed by atoms with van der Waals surface area (Å²) in [5, 5.41) is 13.7. The number of ether oxygens (including phenoxy) is 1. The largest absolute Gasteiger partial charge is 0.497 e. The summed E-state index contributed by atoms with van der Waals surface area (Å²) < 4.78 is 5.30. The third-order valence-corrected chi connectivity index (χ3v) is 3.97. The van der Waals surface area contributed by atoms with Crippen LogP contribution in [0.25, 0.3) is 10.9 Å². The number of aryl methyl sites for hydroxylation is 2. The molecule has 1 N–H and O–H groups in total. The zero-order valence-corrected chi connectivity index (χ0v) is 14.6. The molecule has 5 heteroatoms. The van der Waals surface area contributed by atoms with E-state index in [1.165, 1.54) is 11.1 Å². The molecule has 4 nitrogen and oxygen atoms in total. The Kier molecular flexibility index (Phi) is 5.28. The minimum atomic E-state index is 0. The van der Waals surface area contributed by atoms with Crippen LogP contribution in [0.2, 0.25) is 0 Å². The first-order valence-corrected chi connectivity index (χ1v) is 7.33. The Morgan fingerprint density at radius 1 is 1.08 bits per heavy atom. The number of nitriles is 1. The third kappa shape index (κ3) is 3.27. The lowest BCUT2D eigenvalue weighted by Crippen LogP contribution is -1.98. The van der Waals surface area contributed by atoms with Gasteiger partial charge in [0.1, 0.15) is 11.8 Å². The van der Waals surface area contributed by atoms with Crippen LogP contribution < -0.4 is 10.1 Å². The second kappa shape index (κ2) is 7.20. The number of rotatable bonds is 3. The van der Waals surface area contributed by atoms with Gasteiger partial charge in [0.15, 0.2) is 0 Å². The zero-order chi connectivity index (χ0) is 16.4. The average Bonchev–Trinajstić information content (AvgIpc) is 2.58. The van der Waals surface area contributed by atoms with Gasteiger partial charge in [-0.15, -0.1) is 12.4 Å². The van der Waals surface area contributed by atoms with Crippen molar-refractivity contribution in [1.29, 1.82) is 5.26 Å². The number of benzene rings is 2. The second-order valence-corrected chi connectivity index (χ2v) is 5.47. The lowest BCUT2D eigenvalue weighted by Gasteiger charge is -2.13. The number of fused-ring (bicyclic) bond motifs is 1. The minimum absolute atomic E-state index is 0. The number of pyridine rings is 1. The first-order chi connectivity index (χ1) is 11.1. The average molecular weight is 340 g/mol. The van der Waals surface area contributed by atoms with Crippen LogP contribution >= 0.6 is 12.4 Å². The molecular weight excluding hydrogens is 322 g/mol. The molecule has 0 aliphatic carbocycles. The quantitative estimate of drug-likeness (QED) is 0.737. The van der Waals surface area contributed by atoms with Crippen LogP contribution in [0, 0.1) is 25.2 Å². The predicted octanol–water partition coefficient (Wildman–Crippen LogP) is 4.90. The number of aromatic nitrogens is 1. The molecular formula is C19H18ClN3O. The van der Waals surface area contributed by atoms with Gasteiger partial charge in [0.05, 0.1) is 23.9 Å². The van der Waals surface area contributed by atoms with Gasteiger partial charge in [-0.2, -0.15) is 5.26 Å². The Morgan fingerprint density at radius 2 is 1.88 bits per heavy atom. The van der Waals surface area contributed by atoms with Crippen LogP contribution in [0.5, 0.6) is 5.75 Å². The van der Waals surface area contributed by atoms with Crippen molar-refractivity contribution in [2.24, 2.45) is 0 Å². The highest BCUT2D eigenvalue weighted by Crippen LogP contribution is 2.31. The molecule has 0 fully saturated rings. The summed E-state index contributed by atoms with van der Waals surface area (Å²) in [5.41, 5.74) is 5.45. The molecule has 1 aromatic heterocycles. The molecule has 122 valence electrons. The molecule has 0 bridgehead atoms. The van der Waals surface area contributed by atoms with E-state index in [2.05, 4.69) is 42.4 Å². The number of nitrogens with zero attached hydrogens (tertiary/aromatic N) is 2. The summed E-state index contributed by atoms with van der Waals surface area (Å²) in [6.45, 7) is 4.14. The third-order valence-electron chi connectivity index (χ3n) is 3.97. The molecule has 3 rings (SSSR count). The number of anilines is 2. The van der Waals surface area contributed by atoms with Crippen molar-refractivity contribution < 1.29 is 4.74 Å². The van der Waals surface area contributed by atoms with Gasteiger partial charge in [0.25, 0.3) is 0 Å². The van der Waals surface area contributed by atoms with E-state index >= 15 is 0 Å². The lowest BCUT2D eigenvalue weighted by molar-refractivity contribution is 0.415. The standard InChI is InChI=1S/C19H17N3O.ClH/c1-12-4-5-15(8-13(12)2)22-19-14(10-20)11-21-18-7-6-16(23-3)9-17(18)19;/h4-9,11H,1-3H3,(H,21,22);1H. The van der Waals surface area contributed by atoms with E-state index in [0.29, 0.717) is 5.56 Å². The summed E-state index contributed by atoms with van der Waals surface area (Å²) in [6.07, 6.45) is 1.60. The van der Waals surface area contributed by atoms with Gasteiger partial charge in [-0.1, -0.05) is 6.07 Å². The van der Waals surface area contributed by atoms with Gasteiger partial charge in [0, 0.05) is 17.3 Å². The second-order valence-electron chi connectivity index (χ2n) is 5.47. The summed E-state index contributed by atoms with van der Waals surface area (Å²) >= 11 is 0. The Hall–Kier alpha value is -2.77. The number of nitrogens with one attached hydrogen (secondary N) is 1. The van der Waals surface area contributed by atoms with Crippen molar-refractivity contribution in [2.75, 3.05) is 12.4 Å². The van der Waals surface area contributed by atoms with Crippen LogP contribution in [-0.4, -0.2) is 12.1 Å². The monoisotopic (exact) mass is 339 g/mol. The Morgan fingerprint density at radius 3 is 2.54 bits per heavy atom. The highest BCUT2D eigenvalue weighted by atomic mass is 35.5. The molecule has 0 aliphatic heterocycles. The van der Waals surface area contributed by atoms with Crippen LogP contribution in [0.3, 0.4) is 0 Å². The molecule has 1 heterocycles. The van der Waals surface area contributed by atoms with Crippen molar-refractivity contribution in [1.82, 2.24) is 4.98 Å². The molecule has 2 aromatic carbocycles. The molecule has 0 spiro atoms. The van der Waals surface area contributed by atoms with E-state index in [0.717, 1.165) is 28.0 Å². The van der Waals surface area contributed by atoms with E-state index in [-0.39, 0.29) is 12.4 Å². The van der Waals surface area contributed by atoms with Crippen LogP contribution in [0.15, 0.2) is 42.6 Å². The molecule has 0 saturated heterocycles. The van der Waals surface area contributed by atoms with Crippen LogP contribution in [-0.2, 0) is 0 Å². The number of methoxy groups -OCH3 is 1. The summed E-state index contributed by atoms with van der Waals surface area (Å²) in [4.78, 5) is 4.34. The minimum Gasteiger partial charge on any atom is -0.497 e. The maximum absolute atomic E-state index is 9.42. The van der Waals surface area contributed by atoms with Crippen LogP contribution in [0.4, 0.5) is 11.4 Å². The van der Waals surface area contributed by atoms with Crippen LogP contribution in [0.1, 0.15) is 16.7 Å². The topological polar surface area (TPSA) is 57.9 Å². The lowest BCUT2D eigenvalue weighted by atomic mass is 10.1. The van der Waals surface area contributed by atoms with E-state index in [9.17, 15) is 5.26 Å². The summed E-state index contributed by atoms with van der Waals surface area (Å²) in [7, 11) is 1.62. The summed E-state index contributed by atoms with van der Waals surface area (Å²) in [5.74, 6) is 0.734. The van der Waals surface area contributed by atoms with Gasteiger partial charge >= 0.3 is 0 Å². The van der Waals surface area contributed by atoms with Gasteiger partial charge in [-0.3, -0.25) is 4.98 Å². The summed E-state index contributed by atoms with van der Waals surface area (Å²) in [6, 6.07) is 14.0. The predicted molar refractivity (Wildman–Crippen MR) is 99.5 cm³/mol. The van der Waals surface area contributed by atoms with Crippen molar-refractivity contribution >= 4 is 34.7 Å². The Bertz CT molecular complexity index is 932. The fourth-order valence-corrected chi connectivity index (χ4v) is 2.48. The smallest absolute Gasteiger partial charge is 0.119 e. The maximum Gasteiger partial charge on any atom is 0.119 e. The fourth-order valence-electron chi connectivity index (χ4n) is 2.48. The zero-order valence-electron chi connectivity index (χ0n) is 13.8. The van der Waals surface area contributed by atoms with Gasteiger partial charge in [0.2, 0.25) is 0 Å². The molecule has 0 amide bonds. The van der Waals surface area contributed by atoms with E-state index < -0.39 is 0 Å². The first-order valence-electron chi connectivity index (χ1n) is 7.33. The number of halogens is 1. The SMILES string of the molecule is COc1ccc2ncc(C#N)c(Nc3ccc(C)c(C)c3)c2c1.Cl. The molecule has 3 aromatic rings. The van der Waals surface area contributed by atoms with Crippen molar-refractivity contribution in [3.8, 4) is 11.8 Å². The highest BCUT2D eigenvalue weighted by molar-refractivity contribution is 5.96. The van der Waals surface area contributed by atoms with E-state index in [1.54, 1.807) is 13.3 Å². The van der Waals surface area contributed by atoms with Gasteiger partial charge < -0.3 is 10.1 Å². The highest BCUT2D eigenvalue weighted by Gasteiger charge is 2.10. The maximum atomic E-state index is 9.42. The molecule has 24 heavy (non-hydrogen) atoms. The van der Waals surface area contributed by atoms with Gasteiger partial charge in [-0.25, -0.2) is 0 Å². The van der Waals surface area contributed by atoms with E-state index in [4.69, 9.17) is 4.74 Å². The molecule has 0 aliphatic rings. The normalized spacial score (nSPS) is 9.92. The Balaban J connectivity index is 0.00000208. The Labute approximate surface area is 147 Å². The van der Waals surface area contributed by atoms with E-state index in [1.807, 2.05) is 24.3 Å². The van der Waals surface area contributed by atoms with Crippen molar-refractivity contribution in [3.63, 3.8) is 0 Å². The van der Waals surface area contributed by atoms with Crippen molar-refractivity contribution in [2.45, 2.75) is 13.8 Å². The number of hydrogen-bond acceptors (Lipinski definition) is 4. The molecule has 0 radical (unpaired) electrons. The molecule has 0 unspecified atom stereocenters. The number of hydrogen-bond donors (Lipinski definition) is 1. The first kappa shape index (κ1) is 17.6. The molecule has 0 atom stereocenters. The fraction of sp³-hybridized carbons (Fsp3) is 0.158. The molecule has 0 saturated carbocycles. The van der Waals surface area contributed by atoms with Gasteiger partial charge in [-0.05, 0) is 55.3 Å². The van der Waals surface area contributed by atoms with Crippen molar-refractivity contribution in [3.05, 3.63) is 59.3 Å².